The Morgan fingerprint density at radius 1 is 1.62 bits per heavy atom. The first-order valence-corrected chi connectivity index (χ1v) is 7.92. The molecular weight excluding hydrogens is 339 g/mol. The molecule has 1 aromatic rings. The summed E-state index contributed by atoms with van der Waals surface area (Å²) in [4.78, 5) is 14.1. The molecule has 0 radical (unpaired) electrons. The lowest BCUT2D eigenvalue weighted by molar-refractivity contribution is -0.151. The van der Waals surface area contributed by atoms with Gasteiger partial charge in [-0.3, -0.25) is 9.69 Å². The number of esters is 1. The first-order valence-electron chi connectivity index (χ1n) is 7.12. The second-order valence-corrected chi connectivity index (χ2v) is 5.97. The van der Waals surface area contributed by atoms with Crippen LogP contribution in [0.25, 0.3) is 0 Å². The zero-order valence-corrected chi connectivity index (χ0v) is 13.8. The minimum absolute atomic E-state index is 0.186. The van der Waals surface area contributed by atoms with E-state index in [2.05, 4.69) is 21.2 Å². The Balaban J connectivity index is 2.21. The van der Waals surface area contributed by atoms with Gasteiger partial charge in [0.1, 0.15) is 11.9 Å². The summed E-state index contributed by atoms with van der Waals surface area (Å²) in [5.41, 5.74) is 0.592. The molecule has 1 aliphatic rings. The molecule has 1 aliphatic heterocycles. The number of carbonyl (C=O) groups excluding carboxylic acids is 1. The molecule has 1 fully saturated rings. The summed E-state index contributed by atoms with van der Waals surface area (Å²) in [6.45, 7) is 6.05. The standard InChI is InChI=1S/C15H20BrFN2O2/c1-3-21-15(20)14-9-18-6-7-19(14)10(2)12-5-4-11(16)8-13(12)17/h4-5,8,10,14,18H,3,6-7,9H2,1-2H3. The molecule has 2 atom stereocenters. The van der Waals surface area contributed by atoms with Gasteiger partial charge < -0.3 is 10.1 Å². The molecule has 0 bridgehead atoms. The van der Waals surface area contributed by atoms with Crippen molar-refractivity contribution < 1.29 is 13.9 Å². The normalized spacial score (nSPS) is 21.0. The quantitative estimate of drug-likeness (QED) is 0.839. The van der Waals surface area contributed by atoms with Crippen LogP contribution in [-0.2, 0) is 9.53 Å². The summed E-state index contributed by atoms with van der Waals surface area (Å²) < 4.78 is 20.0. The number of hydrogen-bond acceptors (Lipinski definition) is 4. The molecule has 4 nitrogen and oxygen atoms in total. The van der Waals surface area contributed by atoms with E-state index in [-0.39, 0.29) is 23.9 Å². The van der Waals surface area contributed by atoms with Gasteiger partial charge in [0.15, 0.2) is 0 Å². The highest BCUT2D eigenvalue weighted by molar-refractivity contribution is 9.10. The van der Waals surface area contributed by atoms with Gasteiger partial charge in [-0.05, 0) is 26.0 Å². The number of hydrogen-bond donors (Lipinski definition) is 1. The molecule has 0 spiro atoms. The average Bonchev–Trinajstić information content (AvgIpc) is 2.47. The average molecular weight is 359 g/mol. The van der Waals surface area contributed by atoms with Crippen molar-refractivity contribution in [3.05, 3.63) is 34.1 Å². The fraction of sp³-hybridized carbons (Fsp3) is 0.533. The van der Waals surface area contributed by atoms with Crippen LogP contribution < -0.4 is 5.32 Å². The summed E-state index contributed by atoms with van der Waals surface area (Å²) in [5, 5.41) is 3.19. The van der Waals surface area contributed by atoms with Gasteiger partial charge >= 0.3 is 5.97 Å². The van der Waals surface area contributed by atoms with Gasteiger partial charge in [0.05, 0.1) is 6.61 Å². The van der Waals surface area contributed by atoms with Gasteiger partial charge in [0, 0.05) is 35.7 Å². The number of ether oxygens (including phenoxy) is 1. The molecule has 0 aliphatic carbocycles. The lowest BCUT2D eigenvalue weighted by Crippen LogP contribution is -2.56. The van der Waals surface area contributed by atoms with Crippen LogP contribution in [0.3, 0.4) is 0 Å². The lowest BCUT2D eigenvalue weighted by atomic mass is 10.0. The van der Waals surface area contributed by atoms with Crippen LogP contribution in [0.15, 0.2) is 22.7 Å². The molecule has 1 saturated heterocycles. The second-order valence-electron chi connectivity index (χ2n) is 5.05. The number of benzene rings is 1. The Bertz CT molecular complexity index is 512. The second kappa shape index (κ2) is 7.33. The van der Waals surface area contributed by atoms with E-state index >= 15 is 0 Å². The number of piperazine rings is 1. The SMILES string of the molecule is CCOC(=O)C1CNCCN1C(C)c1ccc(Br)cc1F. The molecule has 2 unspecified atom stereocenters. The van der Waals surface area contributed by atoms with Crippen molar-refractivity contribution >= 4 is 21.9 Å². The maximum atomic E-state index is 14.1. The van der Waals surface area contributed by atoms with E-state index in [1.165, 1.54) is 6.07 Å². The van der Waals surface area contributed by atoms with Crippen LogP contribution in [0, 0.1) is 5.82 Å². The fourth-order valence-corrected chi connectivity index (χ4v) is 2.99. The van der Waals surface area contributed by atoms with Crippen molar-refractivity contribution in [3.63, 3.8) is 0 Å². The summed E-state index contributed by atoms with van der Waals surface area (Å²) in [6.07, 6.45) is 0. The predicted molar refractivity (Wildman–Crippen MR) is 82.5 cm³/mol. The Labute approximate surface area is 132 Å². The van der Waals surface area contributed by atoms with Gasteiger partial charge in [-0.2, -0.15) is 0 Å². The van der Waals surface area contributed by atoms with Crippen LogP contribution in [-0.4, -0.2) is 43.2 Å². The van der Waals surface area contributed by atoms with E-state index < -0.39 is 0 Å². The zero-order valence-electron chi connectivity index (χ0n) is 12.2. The topological polar surface area (TPSA) is 41.6 Å². The largest absolute Gasteiger partial charge is 0.465 e. The Hall–Kier alpha value is -0.980. The lowest BCUT2D eigenvalue weighted by Gasteiger charge is -2.38. The maximum absolute atomic E-state index is 14.1. The fourth-order valence-electron chi connectivity index (χ4n) is 2.66. The van der Waals surface area contributed by atoms with Crippen molar-refractivity contribution in [2.45, 2.75) is 25.9 Å². The van der Waals surface area contributed by atoms with Crippen molar-refractivity contribution in [3.8, 4) is 0 Å². The summed E-state index contributed by atoms with van der Waals surface area (Å²) in [5.74, 6) is -0.521. The Morgan fingerprint density at radius 2 is 2.38 bits per heavy atom. The monoisotopic (exact) mass is 358 g/mol. The molecule has 2 rings (SSSR count). The van der Waals surface area contributed by atoms with E-state index in [4.69, 9.17) is 4.74 Å². The van der Waals surface area contributed by atoms with Crippen molar-refractivity contribution in [2.75, 3.05) is 26.2 Å². The van der Waals surface area contributed by atoms with Crippen molar-refractivity contribution in [1.29, 1.82) is 0 Å². The third kappa shape index (κ3) is 3.81. The zero-order chi connectivity index (χ0) is 15.4. The highest BCUT2D eigenvalue weighted by Crippen LogP contribution is 2.27. The van der Waals surface area contributed by atoms with Crippen molar-refractivity contribution in [1.82, 2.24) is 10.2 Å². The number of nitrogens with zero attached hydrogens (tertiary/aromatic N) is 1. The number of halogens is 2. The molecule has 116 valence electrons. The molecule has 21 heavy (non-hydrogen) atoms. The van der Waals surface area contributed by atoms with Gasteiger partial charge in [0.2, 0.25) is 0 Å². The van der Waals surface area contributed by atoms with E-state index in [9.17, 15) is 9.18 Å². The number of carbonyl (C=O) groups is 1. The smallest absolute Gasteiger partial charge is 0.324 e. The van der Waals surface area contributed by atoms with Crippen LogP contribution >= 0.6 is 15.9 Å². The molecule has 1 aromatic carbocycles. The van der Waals surface area contributed by atoms with Crippen LogP contribution in [0.4, 0.5) is 4.39 Å². The third-order valence-electron chi connectivity index (χ3n) is 3.75. The Morgan fingerprint density at radius 3 is 3.05 bits per heavy atom. The first kappa shape index (κ1) is 16.4. The first-order chi connectivity index (χ1) is 10.0. The number of nitrogens with one attached hydrogen (secondary N) is 1. The molecule has 1 heterocycles. The van der Waals surface area contributed by atoms with E-state index in [1.807, 2.05) is 17.9 Å². The summed E-state index contributed by atoms with van der Waals surface area (Å²) in [7, 11) is 0. The highest BCUT2D eigenvalue weighted by Gasteiger charge is 2.34. The number of rotatable bonds is 4. The van der Waals surface area contributed by atoms with Gasteiger partial charge in [-0.25, -0.2) is 4.39 Å². The summed E-state index contributed by atoms with van der Waals surface area (Å²) >= 11 is 3.26. The van der Waals surface area contributed by atoms with Crippen LogP contribution in [0.1, 0.15) is 25.5 Å². The molecule has 0 aromatic heterocycles. The molecule has 0 saturated carbocycles. The van der Waals surface area contributed by atoms with E-state index in [0.29, 0.717) is 29.7 Å². The maximum Gasteiger partial charge on any atom is 0.324 e. The van der Waals surface area contributed by atoms with Crippen LogP contribution in [0.2, 0.25) is 0 Å². The molecule has 6 heteroatoms. The highest BCUT2D eigenvalue weighted by atomic mass is 79.9. The van der Waals surface area contributed by atoms with Crippen LogP contribution in [0.5, 0.6) is 0 Å². The van der Waals surface area contributed by atoms with E-state index in [0.717, 1.165) is 6.54 Å². The summed E-state index contributed by atoms with van der Waals surface area (Å²) in [6, 6.07) is 4.46. The predicted octanol–water partition coefficient (Wildman–Crippen LogP) is 2.49. The van der Waals surface area contributed by atoms with Crippen molar-refractivity contribution in [2.24, 2.45) is 0 Å². The van der Waals surface area contributed by atoms with E-state index in [1.54, 1.807) is 13.0 Å². The Kier molecular flexibility index (Phi) is 5.72. The minimum Gasteiger partial charge on any atom is -0.465 e. The third-order valence-corrected chi connectivity index (χ3v) is 4.25. The molecular formula is C15H20BrFN2O2. The minimum atomic E-state index is -0.378. The molecule has 0 amide bonds. The van der Waals surface area contributed by atoms with Gasteiger partial charge in [0.25, 0.3) is 0 Å². The van der Waals surface area contributed by atoms with Gasteiger partial charge in [-0.1, -0.05) is 22.0 Å². The molecule has 1 N–H and O–H groups in total. The van der Waals surface area contributed by atoms with Gasteiger partial charge in [-0.15, -0.1) is 0 Å².